The molecule has 2 aromatic rings. The first-order valence-electron chi connectivity index (χ1n) is 5.92. The van der Waals surface area contributed by atoms with Gasteiger partial charge in [0, 0.05) is 11.9 Å². The molecule has 1 heterocycles. The van der Waals surface area contributed by atoms with Crippen LogP contribution in [-0.4, -0.2) is 24.0 Å². The first-order valence-corrected chi connectivity index (χ1v) is 7.07. The van der Waals surface area contributed by atoms with Crippen molar-refractivity contribution in [3.8, 4) is 5.75 Å². The zero-order valence-electron chi connectivity index (χ0n) is 10.6. The topological polar surface area (TPSA) is 67.3 Å². The Labute approximate surface area is 115 Å². The number of thioether (sulfide) groups is 1. The molecular weight excluding hydrogens is 264 g/mol. The average Bonchev–Trinajstić information content (AvgIpc) is 2.84. The second-order valence-corrected chi connectivity index (χ2v) is 4.90. The van der Waals surface area contributed by atoms with Gasteiger partial charge in [0.25, 0.3) is 0 Å². The molecular formula is C13H16N2O3S. The number of ether oxygens (including phenoxy) is 1. The Kier molecular flexibility index (Phi) is 5.11. The molecule has 1 atom stereocenters. The largest absolute Gasteiger partial charge is 0.474 e. The molecule has 0 fully saturated rings. The van der Waals surface area contributed by atoms with E-state index in [1.165, 1.54) is 0 Å². The number of benzene rings is 1. The third-order valence-electron chi connectivity index (χ3n) is 2.43. The first kappa shape index (κ1) is 13.8. The highest BCUT2D eigenvalue weighted by Gasteiger charge is 2.08. The number of para-hydroxylation sites is 1. The van der Waals surface area contributed by atoms with Crippen LogP contribution in [0, 0.1) is 0 Å². The van der Waals surface area contributed by atoms with Gasteiger partial charge >= 0.3 is 5.76 Å². The normalized spacial score (nSPS) is 12.3. The highest BCUT2D eigenvalue weighted by atomic mass is 32.2. The molecule has 0 radical (unpaired) electrons. The number of aromatic amines is 1. The molecule has 1 aromatic heterocycles. The number of hydrogen-bond donors (Lipinski definition) is 2. The molecule has 5 nitrogen and oxygen atoms in total. The zero-order chi connectivity index (χ0) is 13.5. The van der Waals surface area contributed by atoms with Crippen molar-refractivity contribution in [2.75, 3.05) is 12.8 Å². The molecule has 0 aliphatic rings. The van der Waals surface area contributed by atoms with Crippen LogP contribution >= 0.6 is 11.8 Å². The maximum Gasteiger partial charge on any atom is 0.416 e. The number of nitrogens with one attached hydrogen (secondary N) is 2. The van der Waals surface area contributed by atoms with Crippen molar-refractivity contribution in [3.05, 3.63) is 52.8 Å². The summed E-state index contributed by atoms with van der Waals surface area (Å²) in [7, 11) is 1.85. The van der Waals surface area contributed by atoms with E-state index in [1.807, 2.05) is 37.4 Å². The molecule has 0 bridgehead atoms. The quantitative estimate of drug-likeness (QED) is 0.757. The van der Waals surface area contributed by atoms with E-state index in [0.29, 0.717) is 11.5 Å². The maximum absolute atomic E-state index is 10.8. The lowest BCUT2D eigenvalue weighted by molar-refractivity contribution is 0.198. The first-order chi connectivity index (χ1) is 9.28. The molecule has 0 amide bonds. The van der Waals surface area contributed by atoms with Gasteiger partial charge in [0.05, 0.1) is 5.75 Å². The Balaban J connectivity index is 1.78. The minimum Gasteiger partial charge on any atom is -0.474 e. The van der Waals surface area contributed by atoms with Gasteiger partial charge in [-0.25, -0.2) is 4.79 Å². The van der Waals surface area contributed by atoms with E-state index in [0.717, 1.165) is 11.5 Å². The Morgan fingerprint density at radius 1 is 1.42 bits per heavy atom. The van der Waals surface area contributed by atoms with E-state index >= 15 is 0 Å². The van der Waals surface area contributed by atoms with E-state index in [2.05, 4.69) is 10.3 Å². The minimum atomic E-state index is -0.415. The van der Waals surface area contributed by atoms with Gasteiger partial charge in [-0.3, -0.25) is 10.3 Å². The second kappa shape index (κ2) is 7.06. The number of H-pyrrole nitrogens is 1. The van der Waals surface area contributed by atoms with Crippen LogP contribution in [0.1, 0.15) is 5.76 Å². The van der Waals surface area contributed by atoms with Gasteiger partial charge in [0.1, 0.15) is 11.5 Å². The summed E-state index contributed by atoms with van der Waals surface area (Å²) < 4.78 is 10.7. The van der Waals surface area contributed by atoms with Gasteiger partial charge in [-0.1, -0.05) is 18.2 Å². The number of aromatic nitrogens is 1. The highest BCUT2D eigenvalue weighted by Crippen LogP contribution is 2.15. The summed E-state index contributed by atoms with van der Waals surface area (Å²) in [5.41, 5.74) is 0. The van der Waals surface area contributed by atoms with Crippen molar-refractivity contribution in [1.82, 2.24) is 10.3 Å². The van der Waals surface area contributed by atoms with Crippen molar-refractivity contribution in [3.63, 3.8) is 0 Å². The average molecular weight is 280 g/mol. The summed E-state index contributed by atoms with van der Waals surface area (Å²) >= 11 is 1.63. The molecule has 0 saturated carbocycles. The minimum absolute atomic E-state index is 0.0851. The molecule has 19 heavy (non-hydrogen) atoms. The summed E-state index contributed by atoms with van der Waals surface area (Å²) in [5.74, 6) is 2.44. The van der Waals surface area contributed by atoms with Crippen LogP contribution in [0.15, 0.2) is 45.7 Å². The molecule has 1 aromatic carbocycles. The van der Waals surface area contributed by atoms with Gasteiger partial charge in [-0.2, -0.15) is 0 Å². The van der Waals surface area contributed by atoms with E-state index < -0.39 is 5.76 Å². The molecule has 0 saturated heterocycles. The summed E-state index contributed by atoms with van der Waals surface area (Å²) in [6.07, 6.45) is 1.50. The fraction of sp³-hybridized carbons (Fsp3) is 0.308. The molecule has 0 spiro atoms. The number of oxazole rings is 1. The Morgan fingerprint density at radius 2 is 2.21 bits per heavy atom. The van der Waals surface area contributed by atoms with Crippen LogP contribution < -0.4 is 15.8 Å². The Morgan fingerprint density at radius 3 is 2.84 bits per heavy atom. The summed E-state index contributed by atoms with van der Waals surface area (Å²) in [6.45, 7) is 0. The van der Waals surface area contributed by atoms with Crippen LogP contribution in [0.25, 0.3) is 0 Å². The lowest BCUT2D eigenvalue weighted by Crippen LogP contribution is -2.33. The maximum atomic E-state index is 10.8. The molecule has 1 unspecified atom stereocenters. The SMILES string of the molecule is CNC(CSCc1c[nH]c(=O)o1)Oc1ccccc1. The Bertz CT molecular complexity index is 538. The van der Waals surface area contributed by atoms with Gasteiger partial charge in [0.15, 0.2) is 6.23 Å². The molecule has 0 aliphatic carbocycles. The predicted molar refractivity (Wildman–Crippen MR) is 75.4 cm³/mol. The zero-order valence-corrected chi connectivity index (χ0v) is 11.4. The monoisotopic (exact) mass is 280 g/mol. The van der Waals surface area contributed by atoms with Crippen LogP contribution in [0.5, 0.6) is 5.75 Å². The van der Waals surface area contributed by atoms with Gasteiger partial charge in [0.2, 0.25) is 0 Å². The number of hydrogen-bond acceptors (Lipinski definition) is 5. The fourth-order valence-electron chi connectivity index (χ4n) is 1.49. The van der Waals surface area contributed by atoms with E-state index in [-0.39, 0.29) is 6.23 Å². The predicted octanol–water partition coefficient (Wildman–Crippen LogP) is 1.83. The van der Waals surface area contributed by atoms with Crippen LogP contribution in [0.3, 0.4) is 0 Å². The summed E-state index contributed by atoms with van der Waals surface area (Å²) in [4.78, 5) is 13.3. The Hall–Kier alpha value is -1.66. The van der Waals surface area contributed by atoms with Gasteiger partial charge in [-0.05, 0) is 19.2 Å². The third kappa shape index (κ3) is 4.50. The van der Waals surface area contributed by atoms with Crippen molar-refractivity contribution < 1.29 is 9.15 Å². The smallest absolute Gasteiger partial charge is 0.416 e. The second-order valence-electron chi connectivity index (χ2n) is 3.87. The van der Waals surface area contributed by atoms with E-state index in [1.54, 1.807) is 18.0 Å². The van der Waals surface area contributed by atoms with Gasteiger partial charge in [-0.15, -0.1) is 11.8 Å². The lowest BCUT2D eigenvalue weighted by atomic mass is 10.3. The van der Waals surface area contributed by atoms with Crippen molar-refractivity contribution >= 4 is 11.8 Å². The van der Waals surface area contributed by atoms with Crippen LogP contribution in [0.2, 0.25) is 0 Å². The van der Waals surface area contributed by atoms with Crippen molar-refractivity contribution in [2.24, 2.45) is 0 Å². The summed E-state index contributed by atoms with van der Waals surface area (Å²) in [6, 6.07) is 9.65. The van der Waals surface area contributed by atoms with Crippen molar-refractivity contribution in [1.29, 1.82) is 0 Å². The summed E-state index contributed by atoms with van der Waals surface area (Å²) in [5, 5.41) is 3.10. The molecule has 6 heteroatoms. The highest BCUT2D eigenvalue weighted by molar-refractivity contribution is 7.98. The van der Waals surface area contributed by atoms with Gasteiger partial charge < -0.3 is 9.15 Å². The lowest BCUT2D eigenvalue weighted by Gasteiger charge is -2.17. The van der Waals surface area contributed by atoms with E-state index in [9.17, 15) is 4.79 Å². The molecule has 2 rings (SSSR count). The van der Waals surface area contributed by atoms with E-state index in [4.69, 9.17) is 9.15 Å². The molecule has 102 valence electrons. The molecule has 2 N–H and O–H groups in total. The standard InChI is InChI=1S/C13H16N2O3S/c1-14-12(17-10-5-3-2-4-6-10)9-19-8-11-7-15-13(16)18-11/h2-7,12,14H,8-9H2,1H3,(H,15,16). The van der Waals surface area contributed by atoms with Crippen molar-refractivity contribution in [2.45, 2.75) is 12.0 Å². The molecule has 0 aliphatic heterocycles. The number of rotatable bonds is 7. The van der Waals surface area contributed by atoms with Crippen LogP contribution in [0.4, 0.5) is 0 Å². The van der Waals surface area contributed by atoms with Crippen LogP contribution in [-0.2, 0) is 5.75 Å². The third-order valence-corrected chi connectivity index (χ3v) is 3.46. The fourth-order valence-corrected chi connectivity index (χ4v) is 2.40.